The number of fused-ring (bicyclic) bond motifs is 1. The van der Waals surface area contributed by atoms with E-state index >= 15 is 0 Å². The zero-order valence-electron chi connectivity index (χ0n) is 24.1. The minimum atomic E-state index is -3.69. The second kappa shape index (κ2) is 11.8. The quantitative estimate of drug-likeness (QED) is 0.257. The van der Waals surface area contributed by atoms with Crippen LogP contribution in [0.1, 0.15) is 55.5 Å². The van der Waals surface area contributed by atoms with Gasteiger partial charge in [-0.1, -0.05) is 0 Å². The van der Waals surface area contributed by atoms with Gasteiger partial charge in [0, 0.05) is 35.6 Å². The Balaban J connectivity index is 1.36. The normalized spacial score (nSPS) is 16.0. The highest BCUT2D eigenvalue weighted by Crippen LogP contribution is 2.32. The van der Waals surface area contributed by atoms with E-state index in [1.54, 1.807) is 32.2 Å². The number of nitrogens with zero attached hydrogens (tertiary/aromatic N) is 4. The van der Waals surface area contributed by atoms with E-state index in [9.17, 15) is 18.0 Å². The zero-order valence-corrected chi connectivity index (χ0v) is 24.9. The smallest absolute Gasteiger partial charge is 0.263 e. The van der Waals surface area contributed by atoms with E-state index in [-0.39, 0.29) is 46.4 Å². The summed E-state index contributed by atoms with van der Waals surface area (Å²) in [5, 5.41) is 6.33. The van der Waals surface area contributed by atoms with Crippen molar-refractivity contribution < 1.29 is 17.9 Å². The predicted octanol–water partition coefficient (Wildman–Crippen LogP) is 3.88. The molecule has 0 atom stereocenters. The monoisotopic (exact) mass is 602 g/mol. The van der Waals surface area contributed by atoms with Gasteiger partial charge in [-0.05, 0) is 94.6 Å². The molecule has 1 aliphatic heterocycles. The third-order valence-corrected chi connectivity index (χ3v) is 10.1. The van der Waals surface area contributed by atoms with Gasteiger partial charge >= 0.3 is 0 Å². The molecule has 12 heteroatoms. The van der Waals surface area contributed by atoms with Crippen LogP contribution in [0.3, 0.4) is 0 Å². The molecule has 0 radical (unpaired) electrons. The van der Waals surface area contributed by atoms with Crippen molar-refractivity contribution in [2.75, 3.05) is 18.4 Å². The van der Waals surface area contributed by atoms with Crippen LogP contribution in [0.4, 0.5) is 11.6 Å². The van der Waals surface area contributed by atoms with Crippen LogP contribution in [-0.4, -0.2) is 58.2 Å². The Morgan fingerprint density at radius 1 is 1.09 bits per heavy atom. The molecule has 3 aromatic heterocycles. The van der Waals surface area contributed by atoms with Crippen molar-refractivity contribution in [2.24, 2.45) is 5.92 Å². The third-order valence-electron chi connectivity index (χ3n) is 7.87. The highest BCUT2D eigenvalue weighted by atomic mass is 32.2. The van der Waals surface area contributed by atoms with Crippen molar-refractivity contribution in [1.82, 2.24) is 24.8 Å². The van der Waals surface area contributed by atoms with Crippen LogP contribution in [0.5, 0.6) is 5.75 Å². The van der Waals surface area contributed by atoms with Crippen LogP contribution in [0.2, 0.25) is 0 Å². The van der Waals surface area contributed by atoms with Gasteiger partial charge in [0.15, 0.2) is 15.6 Å². The van der Waals surface area contributed by atoms with Gasteiger partial charge in [0.1, 0.15) is 17.5 Å². The maximum Gasteiger partial charge on any atom is 0.263 e. The number of carbonyl (C=O) groups excluding carboxylic acids is 1. The maximum absolute atomic E-state index is 13.8. The van der Waals surface area contributed by atoms with Crippen molar-refractivity contribution in [1.29, 1.82) is 0 Å². The van der Waals surface area contributed by atoms with E-state index in [4.69, 9.17) is 4.74 Å². The number of Topliss-reactive ketones (excluding diaryl/α,β-unsaturated/α-hetero) is 1. The number of carbonyl (C=O) groups is 1. The molecular formula is C31H34N6O5S. The number of sulfone groups is 1. The second-order valence-electron chi connectivity index (χ2n) is 11.4. The third kappa shape index (κ3) is 6.16. The summed E-state index contributed by atoms with van der Waals surface area (Å²) < 4.78 is 33.7. The fourth-order valence-corrected chi connectivity index (χ4v) is 6.39. The van der Waals surface area contributed by atoms with Gasteiger partial charge < -0.3 is 15.4 Å². The lowest BCUT2D eigenvalue weighted by Gasteiger charge is -2.23. The average molecular weight is 603 g/mol. The summed E-state index contributed by atoms with van der Waals surface area (Å²) in [4.78, 5) is 40.0. The van der Waals surface area contributed by atoms with E-state index in [1.165, 1.54) is 17.0 Å². The Labute approximate surface area is 249 Å². The SMILES string of the molecule is CC(C)S(=O)(=O)c1cnccc1Cn1c(=O)c(C(=O)C2CC2)cc2cnc(Nc3ccc(OC4CCNCC4)cc3)nc21. The summed E-state index contributed by atoms with van der Waals surface area (Å²) in [6.45, 7) is 4.98. The van der Waals surface area contributed by atoms with Gasteiger partial charge in [0.2, 0.25) is 5.95 Å². The molecule has 1 aliphatic carbocycles. The first-order valence-corrected chi connectivity index (χ1v) is 16.1. The topological polar surface area (TPSA) is 145 Å². The van der Waals surface area contributed by atoms with Crippen LogP contribution in [-0.2, 0) is 16.4 Å². The van der Waals surface area contributed by atoms with Gasteiger partial charge in [-0.3, -0.25) is 19.1 Å². The number of piperidine rings is 1. The van der Waals surface area contributed by atoms with Crippen LogP contribution >= 0.6 is 0 Å². The van der Waals surface area contributed by atoms with Crippen LogP contribution in [0, 0.1) is 5.92 Å². The van der Waals surface area contributed by atoms with E-state index in [2.05, 4.69) is 25.6 Å². The Kier molecular flexibility index (Phi) is 7.97. The molecule has 1 saturated heterocycles. The van der Waals surface area contributed by atoms with Crippen molar-refractivity contribution in [2.45, 2.75) is 62.3 Å². The molecule has 1 aromatic carbocycles. The molecular weight excluding hydrogens is 568 g/mol. The van der Waals surface area contributed by atoms with Crippen molar-refractivity contribution in [3.8, 4) is 5.75 Å². The molecule has 2 N–H and O–H groups in total. The predicted molar refractivity (Wildman–Crippen MR) is 163 cm³/mol. The van der Waals surface area contributed by atoms with Crippen LogP contribution < -0.4 is 20.9 Å². The molecule has 0 spiro atoms. The number of aromatic nitrogens is 4. The summed E-state index contributed by atoms with van der Waals surface area (Å²) in [5.41, 5.74) is 0.945. The molecule has 6 rings (SSSR count). The minimum Gasteiger partial charge on any atom is -0.490 e. The lowest BCUT2D eigenvalue weighted by Crippen LogP contribution is -2.34. The number of ketones is 1. The van der Waals surface area contributed by atoms with E-state index in [1.807, 2.05) is 24.3 Å². The first-order valence-electron chi connectivity index (χ1n) is 14.6. The molecule has 11 nitrogen and oxygen atoms in total. The minimum absolute atomic E-state index is 0.0446. The first-order chi connectivity index (χ1) is 20.7. The van der Waals surface area contributed by atoms with Gasteiger partial charge in [-0.25, -0.2) is 13.4 Å². The molecule has 4 aromatic rings. The molecule has 0 unspecified atom stereocenters. The number of hydrogen-bond donors (Lipinski definition) is 2. The summed E-state index contributed by atoms with van der Waals surface area (Å²) in [6.07, 6.45) is 7.97. The highest BCUT2D eigenvalue weighted by molar-refractivity contribution is 7.92. The van der Waals surface area contributed by atoms with E-state index < -0.39 is 20.6 Å². The summed E-state index contributed by atoms with van der Waals surface area (Å²) >= 11 is 0. The Morgan fingerprint density at radius 3 is 2.53 bits per heavy atom. The number of anilines is 2. The molecule has 0 amide bonds. The molecule has 2 aliphatic rings. The molecule has 224 valence electrons. The highest BCUT2D eigenvalue weighted by Gasteiger charge is 2.33. The largest absolute Gasteiger partial charge is 0.490 e. The summed E-state index contributed by atoms with van der Waals surface area (Å²) in [5.74, 6) is 0.654. The van der Waals surface area contributed by atoms with E-state index in [0.717, 1.165) is 50.2 Å². The molecule has 1 saturated carbocycles. The number of hydrogen-bond acceptors (Lipinski definition) is 10. The van der Waals surface area contributed by atoms with Gasteiger partial charge in [0.05, 0.1) is 22.3 Å². The number of ether oxygens (including phenoxy) is 1. The first kappa shape index (κ1) is 28.9. The molecule has 4 heterocycles. The Bertz CT molecular complexity index is 1830. The second-order valence-corrected chi connectivity index (χ2v) is 13.8. The van der Waals surface area contributed by atoms with Crippen LogP contribution in [0.15, 0.2) is 64.7 Å². The summed E-state index contributed by atoms with van der Waals surface area (Å²) in [6, 6.07) is 10.6. The number of benzene rings is 1. The number of nitrogens with one attached hydrogen (secondary N) is 2. The Morgan fingerprint density at radius 2 is 1.84 bits per heavy atom. The van der Waals surface area contributed by atoms with Gasteiger partial charge in [0.25, 0.3) is 5.56 Å². The maximum atomic E-state index is 13.8. The van der Waals surface area contributed by atoms with E-state index in [0.29, 0.717) is 10.9 Å². The fraction of sp³-hybridized carbons (Fsp3) is 0.387. The average Bonchev–Trinajstić information content (AvgIpc) is 3.86. The van der Waals surface area contributed by atoms with Crippen molar-refractivity contribution in [3.05, 3.63) is 76.5 Å². The molecule has 43 heavy (non-hydrogen) atoms. The molecule has 0 bridgehead atoms. The van der Waals surface area contributed by atoms with Gasteiger partial charge in [-0.2, -0.15) is 4.98 Å². The van der Waals surface area contributed by atoms with Crippen molar-refractivity contribution >= 4 is 38.3 Å². The lowest BCUT2D eigenvalue weighted by atomic mass is 10.1. The summed E-state index contributed by atoms with van der Waals surface area (Å²) in [7, 11) is -3.69. The fourth-order valence-electron chi connectivity index (χ4n) is 5.18. The van der Waals surface area contributed by atoms with Crippen LogP contribution in [0.25, 0.3) is 11.0 Å². The lowest BCUT2D eigenvalue weighted by molar-refractivity contribution is 0.0965. The van der Waals surface area contributed by atoms with Crippen molar-refractivity contribution in [3.63, 3.8) is 0 Å². The Hall–Kier alpha value is -4.16. The standard InChI is InChI=1S/C31H34N6O5S/c1-19(2)43(40,41)27-17-33-12-9-21(27)18-37-29-22(15-26(30(37)39)28(38)20-3-4-20)16-34-31(36-29)35-23-5-7-24(8-6-23)42-25-10-13-32-14-11-25/h5-9,12,15-17,19-20,25,32H,3-4,10-11,13-14,18H2,1-2H3,(H,34,35,36). The van der Waals surface area contributed by atoms with Gasteiger partial charge in [-0.15, -0.1) is 0 Å². The number of rotatable bonds is 10. The molecule has 2 fully saturated rings. The zero-order chi connectivity index (χ0) is 30.1. The number of pyridine rings is 2.